The average molecular weight is 221 g/mol. The van der Waals surface area contributed by atoms with E-state index in [0.29, 0.717) is 5.57 Å². The summed E-state index contributed by atoms with van der Waals surface area (Å²) in [6.07, 6.45) is 5.37. The topological polar surface area (TPSA) is 46.9 Å². The van der Waals surface area contributed by atoms with Gasteiger partial charge in [-0.1, -0.05) is 6.58 Å². The highest BCUT2D eigenvalue weighted by atomic mass is 16.1. The standard InChI is InChI=1S/C12H19N3O/c1-9(2)11(16)14-12(4,5)10(3)15-7-6-13-8-15/h6-8,10H,1H2,2-5H3,(H,14,16). The first-order chi connectivity index (χ1) is 7.34. The molecule has 0 fully saturated rings. The second kappa shape index (κ2) is 4.51. The van der Waals surface area contributed by atoms with Crippen molar-refractivity contribution in [3.05, 3.63) is 30.9 Å². The highest BCUT2D eigenvalue weighted by Crippen LogP contribution is 2.21. The van der Waals surface area contributed by atoms with Crippen molar-refractivity contribution in [3.8, 4) is 0 Å². The fraction of sp³-hybridized carbons (Fsp3) is 0.500. The Hall–Kier alpha value is -1.58. The molecule has 0 aromatic carbocycles. The number of hydrogen-bond acceptors (Lipinski definition) is 2. The van der Waals surface area contributed by atoms with Crippen LogP contribution in [0.3, 0.4) is 0 Å². The molecule has 1 rings (SSSR count). The van der Waals surface area contributed by atoms with Crippen LogP contribution in [0.15, 0.2) is 30.9 Å². The second-order valence-corrected chi connectivity index (χ2v) is 4.64. The van der Waals surface area contributed by atoms with Crippen LogP contribution in [0.2, 0.25) is 0 Å². The van der Waals surface area contributed by atoms with Gasteiger partial charge in [-0.15, -0.1) is 0 Å². The number of rotatable bonds is 4. The number of carbonyl (C=O) groups is 1. The lowest BCUT2D eigenvalue weighted by molar-refractivity contribution is -0.119. The third-order valence-electron chi connectivity index (χ3n) is 2.84. The fourth-order valence-corrected chi connectivity index (χ4v) is 1.37. The number of nitrogens with zero attached hydrogens (tertiary/aromatic N) is 2. The van der Waals surface area contributed by atoms with E-state index in [2.05, 4.69) is 16.9 Å². The molecule has 16 heavy (non-hydrogen) atoms. The number of hydrogen-bond donors (Lipinski definition) is 1. The molecule has 1 heterocycles. The van der Waals surface area contributed by atoms with Gasteiger partial charge in [0.05, 0.1) is 17.9 Å². The van der Waals surface area contributed by atoms with Gasteiger partial charge >= 0.3 is 0 Å². The van der Waals surface area contributed by atoms with E-state index in [0.717, 1.165) is 0 Å². The Labute approximate surface area is 96.4 Å². The summed E-state index contributed by atoms with van der Waals surface area (Å²) in [5, 5.41) is 2.96. The van der Waals surface area contributed by atoms with Crippen molar-refractivity contribution in [1.82, 2.24) is 14.9 Å². The molecular formula is C12H19N3O. The van der Waals surface area contributed by atoms with Gasteiger partial charge in [0, 0.05) is 18.0 Å². The molecule has 0 radical (unpaired) electrons. The Morgan fingerprint density at radius 1 is 1.56 bits per heavy atom. The van der Waals surface area contributed by atoms with Gasteiger partial charge in [0.15, 0.2) is 0 Å². The number of imidazole rings is 1. The average Bonchev–Trinajstić information content (AvgIpc) is 2.68. The Morgan fingerprint density at radius 3 is 2.62 bits per heavy atom. The van der Waals surface area contributed by atoms with E-state index < -0.39 is 0 Å². The number of carbonyl (C=O) groups excluding carboxylic acids is 1. The zero-order valence-corrected chi connectivity index (χ0v) is 10.3. The van der Waals surface area contributed by atoms with Crippen molar-refractivity contribution in [2.45, 2.75) is 39.3 Å². The Morgan fingerprint density at radius 2 is 2.19 bits per heavy atom. The van der Waals surface area contributed by atoms with Gasteiger partial charge in [0.25, 0.3) is 0 Å². The van der Waals surface area contributed by atoms with Crippen molar-refractivity contribution in [1.29, 1.82) is 0 Å². The zero-order chi connectivity index (χ0) is 12.3. The van der Waals surface area contributed by atoms with Gasteiger partial charge in [0.2, 0.25) is 5.91 Å². The van der Waals surface area contributed by atoms with Gasteiger partial charge < -0.3 is 9.88 Å². The first-order valence-electron chi connectivity index (χ1n) is 5.30. The fourth-order valence-electron chi connectivity index (χ4n) is 1.37. The zero-order valence-electron chi connectivity index (χ0n) is 10.3. The van der Waals surface area contributed by atoms with Crippen molar-refractivity contribution in [3.63, 3.8) is 0 Å². The van der Waals surface area contributed by atoms with E-state index in [1.54, 1.807) is 19.4 Å². The van der Waals surface area contributed by atoms with E-state index in [1.807, 2.05) is 31.5 Å². The quantitative estimate of drug-likeness (QED) is 0.789. The summed E-state index contributed by atoms with van der Waals surface area (Å²) in [4.78, 5) is 15.6. The summed E-state index contributed by atoms with van der Waals surface area (Å²) >= 11 is 0. The van der Waals surface area contributed by atoms with Gasteiger partial charge in [-0.25, -0.2) is 4.98 Å². The maximum absolute atomic E-state index is 11.6. The summed E-state index contributed by atoms with van der Waals surface area (Å²) in [5.74, 6) is -0.114. The molecule has 0 saturated heterocycles. The third-order valence-corrected chi connectivity index (χ3v) is 2.84. The number of aromatic nitrogens is 2. The van der Waals surface area contributed by atoms with Gasteiger partial charge in [0.1, 0.15) is 0 Å². The monoisotopic (exact) mass is 221 g/mol. The van der Waals surface area contributed by atoms with Crippen LogP contribution in [0.25, 0.3) is 0 Å². The molecule has 0 spiro atoms. The molecule has 1 amide bonds. The molecule has 0 aliphatic carbocycles. The SMILES string of the molecule is C=C(C)C(=O)NC(C)(C)C(C)n1ccnc1. The molecule has 0 bridgehead atoms. The van der Waals surface area contributed by atoms with Crippen LogP contribution in [0.1, 0.15) is 33.7 Å². The highest BCUT2D eigenvalue weighted by Gasteiger charge is 2.28. The van der Waals surface area contributed by atoms with Crippen LogP contribution in [0.5, 0.6) is 0 Å². The van der Waals surface area contributed by atoms with Crippen molar-refractivity contribution < 1.29 is 4.79 Å². The molecule has 0 saturated carbocycles. The lowest BCUT2D eigenvalue weighted by Crippen LogP contribution is -2.48. The van der Waals surface area contributed by atoms with Crippen LogP contribution >= 0.6 is 0 Å². The smallest absolute Gasteiger partial charge is 0.246 e. The van der Waals surface area contributed by atoms with Crippen LogP contribution in [-0.2, 0) is 4.79 Å². The normalized spacial score (nSPS) is 13.2. The third kappa shape index (κ3) is 2.72. The van der Waals surface area contributed by atoms with E-state index in [1.165, 1.54) is 0 Å². The summed E-state index contributed by atoms with van der Waals surface area (Å²) in [6, 6.07) is 0.123. The number of nitrogens with one attached hydrogen (secondary N) is 1. The van der Waals surface area contributed by atoms with E-state index >= 15 is 0 Å². The molecule has 4 nitrogen and oxygen atoms in total. The summed E-state index contributed by atoms with van der Waals surface area (Å²) < 4.78 is 1.97. The minimum atomic E-state index is -0.350. The maximum Gasteiger partial charge on any atom is 0.246 e. The van der Waals surface area contributed by atoms with Crippen molar-refractivity contribution >= 4 is 5.91 Å². The summed E-state index contributed by atoms with van der Waals surface area (Å²) in [5.41, 5.74) is 0.169. The predicted octanol–water partition coefficient (Wildman–Crippen LogP) is 1.92. The predicted molar refractivity (Wildman–Crippen MR) is 64.0 cm³/mol. The Bertz CT molecular complexity index is 379. The minimum absolute atomic E-state index is 0.114. The van der Waals surface area contributed by atoms with Crippen LogP contribution in [0, 0.1) is 0 Å². The summed E-state index contributed by atoms with van der Waals surface area (Å²) in [7, 11) is 0. The van der Waals surface area contributed by atoms with Gasteiger partial charge in [-0.3, -0.25) is 4.79 Å². The Balaban J connectivity index is 2.77. The molecule has 0 aliphatic rings. The first-order valence-corrected chi connectivity index (χ1v) is 5.30. The van der Waals surface area contributed by atoms with E-state index in [-0.39, 0.29) is 17.5 Å². The van der Waals surface area contributed by atoms with E-state index in [4.69, 9.17) is 0 Å². The molecule has 1 atom stereocenters. The van der Waals surface area contributed by atoms with Gasteiger partial charge in [-0.05, 0) is 27.7 Å². The van der Waals surface area contributed by atoms with Gasteiger partial charge in [-0.2, -0.15) is 0 Å². The first kappa shape index (κ1) is 12.5. The van der Waals surface area contributed by atoms with Crippen molar-refractivity contribution in [2.75, 3.05) is 0 Å². The molecule has 1 unspecified atom stereocenters. The lowest BCUT2D eigenvalue weighted by Gasteiger charge is -2.33. The summed E-state index contributed by atoms with van der Waals surface area (Å²) in [6.45, 7) is 11.3. The second-order valence-electron chi connectivity index (χ2n) is 4.64. The van der Waals surface area contributed by atoms with Crippen LogP contribution in [-0.4, -0.2) is 21.0 Å². The van der Waals surface area contributed by atoms with E-state index in [9.17, 15) is 4.79 Å². The molecule has 0 aliphatic heterocycles. The largest absolute Gasteiger partial charge is 0.345 e. The molecule has 1 aromatic rings. The minimum Gasteiger partial charge on any atom is -0.345 e. The molecule has 88 valence electrons. The molecular weight excluding hydrogens is 202 g/mol. The number of amides is 1. The maximum atomic E-state index is 11.6. The Kier molecular flexibility index (Phi) is 3.52. The lowest BCUT2D eigenvalue weighted by atomic mass is 9.95. The highest BCUT2D eigenvalue weighted by molar-refractivity contribution is 5.92. The molecule has 1 N–H and O–H groups in total. The molecule has 4 heteroatoms. The van der Waals surface area contributed by atoms with Crippen LogP contribution in [0.4, 0.5) is 0 Å². The van der Waals surface area contributed by atoms with Crippen LogP contribution < -0.4 is 5.32 Å². The molecule has 1 aromatic heterocycles. The van der Waals surface area contributed by atoms with Crippen molar-refractivity contribution in [2.24, 2.45) is 0 Å².